The summed E-state index contributed by atoms with van der Waals surface area (Å²) in [5.74, 6) is -0.389. The average Bonchev–Trinajstić information content (AvgIpc) is 2.87. The number of ketones is 1. The molecule has 0 saturated heterocycles. The third-order valence-electron chi connectivity index (χ3n) is 4.06. The van der Waals surface area contributed by atoms with Crippen LogP contribution in [0.3, 0.4) is 0 Å². The van der Waals surface area contributed by atoms with Crippen molar-refractivity contribution in [1.82, 2.24) is 14.8 Å². The zero-order chi connectivity index (χ0) is 17.4. The molecule has 0 radical (unpaired) electrons. The predicted octanol–water partition coefficient (Wildman–Crippen LogP) is 2.93. The van der Waals surface area contributed by atoms with E-state index in [1.54, 1.807) is 23.1 Å². The predicted molar refractivity (Wildman–Crippen MR) is 90.4 cm³/mol. The number of rotatable bonds is 4. The van der Waals surface area contributed by atoms with E-state index in [0.29, 0.717) is 5.56 Å². The van der Waals surface area contributed by atoms with E-state index in [0.717, 1.165) is 16.6 Å². The van der Waals surface area contributed by atoms with Gasteiger partial charge in [0.05, 0.1) is 11.8 Å². The van der Waals surface area contributed by atoms with Crippen LogP contribution in [-0.2, 0) is 13.5 Å². The number of nitrogens with zero attached hydrogens (tertiary/aromatic N) is 3. The maximum absolute atomic E-state index is 12.6. The van der Waals surface area contributed by atoms with Gasteiger partial charge < -0.3 is 10.2 Å². The number of benzene rings is 1. The molecule has 0 fully saturated rings. The second kappa shape index (κ2) is 5.96. The summed E-state index contributed by atoms with van der Waals surface area (Å²) in [6.07, 6.45) is 3.46. The summed E-state index contributed by atoms with van der Waals surface area (Å²) in [6.45, 7) is 3.83. The fraction of sp³-hybridized carbons (Fsp3) is 0.278. The lowest BCUT2D eigenvalue weighted by atomic mass is 9.95. The molecule has 0 spiro atoms. The monoisotopic (exact) mass is 325 g/mol. The number of pyridine rings is 1. The summed E-state index contributed by atoms with van der Waals surface area (Å²) in [4.78, 5) is 16.9. The normalized spacial score (nSPS) is 11.3. The highest BCUT2D eigenvalue weighted by molar-refractivity contribution is 6.00. The summed E-state index contributed by atoms with van der Waals surface area (Å²) >= 11 is 0. The molecular formula is C18H19N3O3. The van der Waals surface area contributed by atoms with Gasteiger partial charge in [0.25, 0.3) is 0 Å². The van der Waals surface area contributed by atoms with Gasteiger partial charge in [-0.05, 0) is 29.2 Å². The van der Waals surface area contributed by atoms with Crippen molar-refractivity contribution in [3.05, 3.63) is 47.3 Å². The van der Waals surface area contributed by atoms with Crippen LogP contribution >= 0.6 is 0 Å². The van der Waals surface area contributed by atoms with Gasteiger partial charge in [0.2, 0.25) is 0 Å². The first-order valence-corrected chi connectivity index (χ1v) is 7.72. The Morgan fingerprint density at radius 2 is 1.92 bits per heavy atom. The number of phenolic OH excluding ortho intramolecular Hbond substituents is 2. The first-order chi connectivity index (χ1) is 11.4. The van der Waals surface area contributed by atoms with Crippen LogP contribution in [0.15, 0.2) is 30.6 Å². The maximum atomic E-state index is 12.6. The molecule has 6 heteroatoms. The number of phenols is 2. The first-order valence-electron chi connectivity index (χ1n) is 7.72. The number of hydrogen-bond donors (Lipinski definition) is 2. The van der Waals surface area contributed by atoms with Gasteiger partial charge in [-0.3, -0.25) is 9.48 Å². The van der Waals surface area contributed by atoms with Crippen molar-refractivity contribution < 1.29 is 15.0 Å². The molecule has 0 bridgehead atoms. The molecule has 6 nitrogen and oxygen atoms in total. The lowest BCUT2D eigenvalue weighted by Crippen LogP contribution is -2.06. The first kappa shape index (κ1) is 16.0. The number of aromatic nitrogens is 3. The maximum Gasteiger partial charge on any atom is 0.171 e. The van der Waals surface area contributed by atoms with Crippen molar-refractivity contribution in [2.75, 3.05) is 0 Å². The second-order valence-corrected chi connectivity index (χ2v) is 6.21. The largest absolute Gasteiger partial charge is 0.508 e. The molecule has 0 atom stereocenters. The molecule has 0 aliphatic heterocycles. The molecule has 0 saturated carbocycles. The van der Waals surface area contributed by atoms with E-state index < -0.39 is 0 Å². The van der Waals surface area contributed by atoms with Crippen LogP contribution in [0.1, 0.15) is 41.3 Å². The lowest BCUT2D eigenvalue weighted by Gasteiger charge is -2.12. The smallest absolute Gasteiger partial charge is 0.171 e. The van der Waals surface area contributed by atoms with Crippen LogP contribution in [0.5, 0.6) is 11.5 Å². The molecule has 0 amide bonds. The van der Waals surface area contributed by atoms with Gasteiger partial charge in [0, 0.05) is 31.1 Å². The molecule has 2 heterocycles. The quantitative estimate of drug-likeness (QED) is 0.720. The Morgan fingerprint density at radius 1 is 1.17 bits per heavy atom. The molecule has 24 heavy (non-hydrogen) atoms. The van der Waals surface area contributed by atoms with Gasteiger partial charge in [0.1, 0.15) is 11.5 Å². The lowest BCUT2D eigenvalue weighted by molar-refractivity contribution is 0.0990. The SMILES string of the molecule is CC(C)c1cc(C(=O)Cc2cnc3c(cnn3C)c2)c(O)cc1O. The number of aromatic hydroxyl groups is 2. The van der Waals surface area contributed by atoms with E-state index in [1.165, 1.54) is 6.07 Å². The van der Waals surface area contributed by atoms with Crippen molar-refractivity contribution in [2.45, 2.75) is 26.2 Å². The van der Waals surface area contributed by atoms with Crippen LogP contribution in [0.2, 0.25) is 0 Å². The van der Waals surface area contributed by atoms with Crippen molar-refractivity contribution in [2.24, 2.45) is 7.05 Å². The van der Waals surface area contributed by atoms with E-state index in [2.05, 4.69) is 10.1 Å². The molecule has 1 aromatic carbocycles. The highest BCUT2D eigenvalue weighted by Gasteiger charge is 2.17. The highest BCUT2D eigenvalue weighted by atomic mass is 16.3. The van der Waals surface area contributed by atoms with E-state index in [4.69, 9.17) is 0 Å². The van der Waals surface area contributed by atoms with Crippen molar-refractivity contribution >= 4 is 16.8 Å². The molecule has 3 aromatic rings. The zero-order valence-electron chi connectivity index (χ0n) is 13.8. The molecule has 0 aliphatic rings. The molecular weight excluding hydrogens is 306 g/mol. The Labute approximate surface area is 139 Å². The van der Waals surface area contributed by atoms with E-state index >= 15 is 0 Å². The average molecular weight is 325 g/mol. The molecule has 2 N–H and O–H groups in total. The summed E-state index contributed by atoms with van der Waals surface area (Å²) < 4.78 is 1.67. The number of Topliss-reactive ketones (excluding diaryl/α,β-unsaturated/α-hetero) is 1. The molecule has 0 unspecified atom stereocenters. The second-order valence-electron chi connectivity index (χ2n) is 6.21. The number of carbonyl (C=O) groups excluding carboxylic acids is 1. The third kappa shape index (κ3) is 2.82. The summed E-state index contributed by atoms with van der Waals surface area (Å²) in [7, 11) is 1.81. The van der Waals surface area contributed by atoms with Gasteiger partial charge in [-0.15, -0.1) is 0 Å². The van der Waals surface area contributed by atoms with Crippen LogP contribution in [0.4, 0.5) is 0 Å². The van der Waals surface area contributed by atoms with Gasteiger partial charge in [-0.2, -0.15) is 5.10 Å². The fourth-order valence-corrected chi connectivity index (χ4v) is 2.75. The molecule has 0 aliphatic carbocycles. The number of hydrogen-bond acceptors (Lipinski definition) is 5. The van der Waals surface area contributed by atoms with Gasteiger partial charge >= 0.3 is 0 Å². The molecule has 2 aromatic heterocycles. The molecule has 124 valence electrons. The standard InChI is InChI=1S/C18H19N3O3/c1-10(2)13-6-14(17(24)7-16(13)23)15(22)5-11-4-12-9-20-21(3)18(12)19-8-11/h4,6-10,23-24H,5H2,1-3H3. The van der Waals surface area contributed by atoms with Gasteiger partial charge in [0.15, 0.2) is 11.4 Å². The highest BCUT2D eigenvalue weighted by Crippen LogP contribution is 2.32. The van der Waals surface area contributed by atoms with Gasteiger partial charge in [-0.1, -0.05) is 13.8 Å². The fourth-order valence-electron chi connectivity index (χ4n) is 2.75. The summed E-state index contributed by atoms with van der Waals surface area (Å²) in [5.41, 5.74) is 2.35. The van der Waals surface area contributed by atoms with E-state index in [9.17, 15) is 15.0 Å². The van der Waals surface area contributed by atoms with Gasteiger partial charge in [-0.25, -0.2) is 4.98 Å². The van der Waals surface area contributed by atoms with Crippen LogP contribution in [-0.4, -0.2) is 30.8 Å². The van der Waals surface area contributed by atoms with Crippen LogP contribution < -0.4 is 0 Å². The Kier molecular flexibility index (Phi) is 3.97. The van der Waals surface area contributed by atoms with Crippen molar-refractivity contribution in [1.29, 1.82) is 0 Å². The number of fused-ring (bicyclic) bond motifs is 1. The number of aryl methyl sites for hydroxylation is 1. The minimum absolute atomic E-state index is 0.00232. The minimum atomic E-state index is -0.223. The van der Waals surface area contributed by atoms with Crippen molar-refractivity contribution in [3.8, 4) is 11.5 Å². The van der Waals surface area contributed by atoms with Crippen LogP contribution in [0, 0.1) is 0 Å². The zero-order valence-corrected chi connectivity index (χ0v) is 13.8. The topological polar surface area (TPSA) is 88.2 Å². The van der Waals surface area contributed by atoms with E-state index in [-0.39, 0.29) is 35.2 Å². The van der Waals surface area contributed by atoms with Crippen LogP contribution in [0.25, 0.3) is 11.0 Å². The summed E-state index contributed by atoms with van der Waals surface area (Å²) in [6, 6.07) is 4.66. The minimum Gasteiger partial charge on any atom is -0.508 e. The third-order valence-corrected chi connectivity index (χ3v) is 4.06. The van der Waals surface area contributed by atoms with E-state index in [1.807, 2.05) is 27.0 Å². The number of carbonyl (C=O) groups is 1. The Balaban J connectivity index is 1.92. The van der Waals surface area contributed by atoms with Crippen molar-refractivity contribution in [3.63, 3.8) is 0 Å². The Hall–Kier alpha value is -2.89. The Bertz CT molecular complexity index is 929. The molecule has 3 rings (SSSR count). The summed E-state index contributed by atoms with van der Waals surface area (Å²) in [5, 5.41) is 24.9. The Morgan fingerprint density at radius 3 is 2.62 bits per heavy atom.